The van der Waals surface area contributed by atoms with Crippen LogP contribution in [0, 0.1) is 17.6 Å². The molecule has 17 nitrogen and oxygen atoms in total. The number of pyridine rings is 1. The summed E-state index contributed by atoms with van der Waals surface area (Å²) < 4.78 is 209. The molecule has 0 spiro atoms. The molecule has 2 aliphatic carbocycles. The van der Waals surface area contributed by atoms with Crippen LogP contribution in [0.4, 0.5) is 54.5 Å². The summed E-state index contributed by atoms with van der Waals surface area (Å²) >= 11 is 6.59. The number of benzene rings is 2. The summed E-state index contributed by atoms with van der Waals surface area (Å²) in [5.41, 5.74) is -5.60. The van der Waals surface area contributed by atoms with Gasteiger partial charge in [0.25, 0.3) is 5.92 Å². The zero-order valence-electron chi connectivity index (χ0n) is 38.3. The molecule has 0 bridgehead atoms. The average Bonchev–Trinajstić information content (AvgIpc) is 3.73. The van der Waals surface area contributed by atoms with E-state index >= 15 is 8.78 Å². The van der Waals surface area contributed by atoms with Crippen molar-refractivity contribution < 1.29 is 84.7 Å². The van der Waals surface area contributed by atoms with Crippen molar-refractivity contribution >= 4 is 67.7 Å². The number of anilines is 1. The smallest absolute Gasteiger partial charge is 0.346 e. The normalized spacial score (nSPS) is 17.3. The Hall–Kier alpha value is -5.35. The lowest BCUT2D eigenvalue weighted by atomic mass is 9.93. The van der Waals surface area contributed by atoms with Crippen molar-refractivity contribution in [3.63, 3.8) is 0 Å². The third kappa shape index (κ3) is 11.8. The third-order valence-corrected chi connectivity index (χ3v) is 16.7. The number of nitrogens with one attached hydrogen (secondary N) is 2. The molecule has 1 unspecified atom stereocenters. The Morgan fingerprint density at radius 1 is 0.959 bits per heavy atom. The summed E-state index contributed by atoms with van der Waals surface area (Å²) in [5.74, 6) is -11.3. The first kappa shape index (κ1) is 55.4. The molecule has 7 rings (SSSR count). The second-order valence-electron chi connectivity index (χ2n) is 18.3. The standard InChI is InChI=1S/C42H42ClF10N8O9PS2/c1-39(2,72(3,67)68)10-9-23-5-6-24(25-7-8-28(43)32-34(25)60(19-40(46,47)48)58-37(32)61(73(4,69)70)38(63)54-11-12-71(64,65)66)33(55-23)29(15-20-13-21(44)16-22(45)14-20)56-30(62)18-59-36-31(35(57-59)42(51,52)53)26-17-27(26)41(36,49)50/h5-8,13-14,16,26-27,29H,9-12,15,17-19H2,1-4H3,(H,54,63)(H,56,62)(H2,64,65,66)/t26?,27-,29+/m1/s1. The maximum absolute atomic E-state index is 15.6. The van der Waals surface area contributed by atoms with Crippen molar-refractivity contribution in [3.8, 4) is 11.1 Å². The Bertz CT molecular complexity index is 3310. The Labute approximate surface area is 413 Å². The minimum absolute atomic E-state index is 0.0173. The van der Waals surface area contributed by atoms with E-state index in [9.17, 15) is 75.9 Å². The summed E-state index contributed by atoms with van der Waals surface area (Å²) in [6, 6.07) is 3.26. The second-order valence-corrected chi connectivity index (χ2v) is 24.9. The highest BCUT2D eigenvalue weighted by Crippen LogP contribution is 2.68. The quantitative estimate of drug-likeness (QED) is 0.0523. The van der Waals surface area contributed by atoms with Gasteiger partial charge in [0, 0.05) is 47.2 Å². The number of halogens is 11. The molecule has 3 aromatic heterocycles. The molecule has 3 amide bonds. The van der Waals surface area contributed by atoms with Crippen LogP contribution in [0.25, 0.3) is 22.0 Å². The van der Waals surface area contributed by atoms with Crippen LogP contribution in [0.1, 0.15) is 72.6 Å². The SMILES string of the molecule is CC(C)(CCc1ccc(-c2ccc(Cl)c3c(N(C(=O)NCCP(=O)(O)O)S(C)(=O)=O)nn(CC(F)(F)F)c23)c([C@H](Cc2cc(F)cc(F)c2)NC(=O)Cn2nc(C(F)(F)F)c3c2C(F)(F)[C@@H]2CC32)n1)S(C)(=O)=O. The number of fused-ring (bicyclic) bond motifs is 4. The van der Waals surface area contributed by atoms with Crippen LogP contribution in [-0.4, -0.2) is 99.2 Å². The van der Waals surface area contributed by atoms with Crippen molar-refractivity contribution in [1.82, 2.24) is 35.2 Å². The van der Waals surface area contributed by atoms with Gasteiger partial charge in [-0.15, -0.1) is 0 Å². The number of nitrogens with zero attached hydrogens (tertiary/aromatic N) is 6. The number of rotatable bonds is 17. The molecule has 3 heterocycles. The van der Waals surface area contributed by atoms with Crippen molar-refractivity contribution in [2.24, 2.45) is 5.92 Å². The van der Waals surface area contributed by atoms with E-state index in [0.29, 0.717) is 12.3 Å². The van der Waals surface area contributed by atoms with Gasteiger partial charge in [-0.05, 0) is 75.3 Å². The van der Waals surface area contributed by atoms with Crippen LogP contribution in [0.3, 0.4) is 0 Å². The Morgan fingerprint density at radius 3 is 2.16 bits per heavy atom. The number of urea groups is 1. The molecule has 398 valence electrons. The van der Waals surface area contributed by atoms with E-state index in [2.05, 4.69) is 20.5 Å². The average molecular weight is 1120 g/mol. The van der Waals surface area contributed by atoms with Crippen LogP contribution < -0.4 is 14.9 Å². The maximum Gasteiger partial charge on any atom is 0.435 e. The molecule has 1 fully saturated rings. The third-order valence-electron chi connectivity index (χ3n) is 12.3. The molecule has 3 atom stereocenters. The fraction of sp³-hybridized carbons (Fsp3) is 0.452. The van der Waals surface area contributed by atoms with Crippen LogP contribution >= 0.6 is 19.2 Å². The van der Waals surface area contributed by atoms with E-state index in [0.717, 1.165) is 30.5 Å². The Balaban J connectivity index is 1.45. The van der Waals surface area contributed by atoms with Gasteiger partial charge in [-0.1, -0.05) is 23.7 Å². The number of sulfonamides is 1. The van der Waals surface area contributed by atoms with Gasteiger partial charge in [-0.2, -0.15) is 49.6 Å². The maximum atomic E-state index is 15.6. The summed E-state index contributed by atoms with van der Waals surface area (Å²) in [7, 11) is -13.5. The van der Waals surface area contributed by atoms with Crippen LogP contribution in [0.2, 0.25) is 5.02 Å². The number of alkyl halides is 8. The van der Waals surface area contributed by atoms with Gasteiger partial charge in [0.05, 0.1) is 44.8 Å². The molecule has 5 aromatic rings. The molecule has 73 heavy (non-hydrogen) atoms. The van der Waals surface area contributed by atoms with Crippen LogP contribution in [0.15, 0.2) is 42.5 Å². The number of hydrogen-bond donors (Lipinski definition) is 4. The number of hydrogen-bond acceptors (Lipinski definition) is 10. The molecule has 0 saturated heterocycles. The first-order valence-corrected chi connectivity index (χ1v) is 27.4. The fourth-order valence-electron chi connectivity index (χ4n) is 8.60. The first-order valence-electron chi connectivity index (χ1n) is 21.5. The van der Waals surface area contributed by atoms with Gasteiger partial charge < -0.3 is 20.4 Å². The molecule has 4 N–H and O–H groups in total. The summed E-state index contributed by atoms with van der Waals surface area (Å²) in [4.78, 5) is 50.9. The molecule has 0 aliphatic heterocycles. The zero-order valence-corrected chi connectivity index (χ0v) is 41.6. The number of carbonyl (C=O) groups excluding carboxylic acids is 2. The lowest BCUT2D eigenvalue weighted by molar-refractivity contribution is -0.143. The van der Waals surface area contributed by atoms with Crippen molar-refractivity contribution in [2.75, 3.05) is 29.5 Å². The molecule has 2 aliphatic rings. The highest BCUT2D eigenvalue weighted by atomic mass is 35.5. The first-order chi connectivity index (χ1) is 33.4. The lowest BCUT2D eigenvalue weighted by Gasteiger charge is -2.25. The number of amides is 3. The van der Waals surface area contributed by atoms with Crippen LogP contribution in [-0.2, 0) is 67.3 Å². The van der Waals surface area contributed by atoms with Crippen LogP contribution in [0.5, 0.6) is 0 Å². The number of aryl methyl sites for hydroxylation is 1. The van der Waals surface area contributed by atoms with Gasteiger partial charge in [0.15, 0.2) is 21.3 Å². The van der Waals surface area contributed by atoms with Gasteiger partial charge in [0.2, 0.25) is 15.9 Å². The van der Waals surface area contributed by atoms with E-state index in [1.165, 1.54) is 26.0 Å². The zero-order chi connectivity index (χ0) is 54.3. The molecule has 0 radical (unpaired) electrons. The highest BCUT2D eigenvalue weighted by Gasteiger charge is 2.68. The lowest BCUT2D eigenvalue weighted by Crippen LogP contribution is -2.44. The number of sulfone groups is 1. The topological polar surface area (TPSA) is 236 Å². The largest absolute Gasteiger partial charge is 0.435 e. The number of carbonyl (C=O) groups is 2. The Morgan fingerprint density at radius 2 is 1.59 bits per heavy atom. The Kier molecular flexibility index (Phi) is 14.5. The molecular weight excluding hydrogens is 1080 g/mol. The number of aromatic nitrogens is 5. The van der Waals surface area contributed by atoms with Gasteiger partial charge in [-0.25, -0.2) is 30.4 Å². The fourth-order valence-corrected chi connectivity index (χ4v) is 10.5. The predicted octanol–water partition coefficient (Wildman–Crippen LogP) is 7.53. The van der Waals surface area contributed by atoms with E-state index in [-0.39, 0.29) is 55.3 Å². The minimum Gasteiger partial charge on any atom is -0.346 e. The molecular formula is C42H42ClF10N8O9PS2. The van der Waals surface area contributed by atoms with E-state index in [1.807, 2.05) is 5.32 Å². The van der Waals surface area contributed by atoms with Gasteiger partial charge >= 0.3 is 26.0 Å². The van der Waals surface area contributed by atoms with E-state index < -0.39 is 169 Å². The van der Waals surface area contributed by atoms with Crippen molar-refractivity contribution in [1.29, 1.82) is 0 Å². The predicted molar refractivity (Wildman–Crippen MR) is 242 cm³/mol. The van der Waals surface area contributed by atoms with Crippen molar-refractivity contribution in [2.45, 2.75) is 87.6 Å². The monoisotopic (exact) mass is 1120 g/mol. The highest BCUT2D eigenvalue weighted by molar-refractivity contribution is 7.93. The summed E-state index contributed by atoms with van der Waals surface area (Å²) in [6.45, 7) is -1.41. The molecule has 1 saturated carbocycles. The molecule has 2 aromatic carbocycles. The summed E-state index contributed by atoms with van der Waals surface area (Å²) in [6.07, 6.45) is -11.3. The second kappa shape index (κ2) is 19.1. The molecule has 31 heteroatoms. The summed E-state index contributed by atoms with van der Waals surface area (Å²) in [5, 5.41) is 10.4. The van der Waals surface area contributed by atoms with E-state index in [1.54, 1.807) is 0 Å². The van der Waals surface area contributed by atoms with Gasteiger partial charge in [-0.3, -0.25) is 23.7 Å². The van der Waals surface area contributed by atoms with E-state index in [4.69, 9.17) is 11.6 Å². The minimum atomic E-state index is -5.23. The van der Waals surface area contributed by atoms with Gasteiger partial charge in [0.1, 0.15) is 30.4 Å². The van der Waals surface area contributed by atoms with Crippen molar-refractivity contribution in [3.05, 3.63) is 93.0 Å².